The van der Waals surface area contributed by atoms with Crippen molar-refractivity contribution in [2.45, 2.75) is 13.0 Å². The molecule has 1 heterocycles. The van der Waals surface area contributed by atoms with Gasteiger partial charge in [0.15, 0.2) is 0 Å². The number of phenols is 1. The van der Waals surface area contributed by atoms with Crippen molar-refractivity contribution in [2.75, 3.05) is 5.32 Å². The van der Waals surface area contributed by atoms with Gasteiger partial charge in [0.25, 0.3) is 0 Å². The molecule has 2 rings (SSSR count). The first-order chi connectivity index (χ1) is 7.25. The third kappa shape index (κ3) is 2.50. The number of phenolic OH excluding ortho intramolecular Hbond substituents is 1. The molecule has 0 spiro atoms. The van der Waals surface area contributed by atoms with Crippen LogP contribution in [0.5, 0.6) is 5.75 Å². The maximum Gasteiger partial charge on any atom is 0.115 e. The molecular weight excluding hydrogens is 206 g/mol. The minimum absolute atomic E-state index is 0.201. The van der Waals surface area contributed by atoms with E-state index in [9.17, 15) is 5.11 Å². The molecule has 2 aromatic rings. The summed E-state index contributed by atoms with van der Waals surface area (Å²) in [5.41, 5.74) is 2.21. The van der Waals surface area contributed by atoms with E-state index in [1.54, 1.807) is 23.5 Å². The topological polar surface area (TPSA) is 32.3 Å². The van der Waals surface area contributed by atoms with Crippen LogP contribution in [-0.2, 0) is 0 Å². The number of benzene rings is 1. The van der Waals surface area contributed by atoms with Crippen molar-refractivity contribution in [3.63, 3.8) is 0 Å². The highest BCUT2D eigenvalue weighted by Gasteiger charge is 2.05. The van der Waals surface area contributed by atoms with Crippen molar-refractivity contribution in [1.29, 1.82) is 0 Å². The number of anilines is 1. The van der Waals surface area contributed by atoms with E-state index in [1.807, 2.05) is 23.6 Å². The lowest BCUT2D eigenvalue weighted by molar-refractivity contribution is 0.474. The van der Waals surface area contributed by atoms with Gasteiger partial charge in [0.05, 0.1) is 0 Å². The van der Waals surface area contributed by atoms with E-state index in [2.05, 4.69) is 17.6 Å². The van der Waals surface area contributed by atoms with Gasteiger partial charge in [-0.25, -0.2) is 0 Å². The van der Waals surface area contributed by atoms with Crippen LogP contribution in [0.25, 0.3) is 0 Å². The van der Waals surface area contributed by atoms with Gasteiger partial charge in [0, 0.05) is 17.1 Å². The second-order valence-electron chi connectivity index (χ2n) is 3.47. The second kappa shape index (κ2) is 4.36. The lowest BCUT2D eigenvalue weighted by Crippen LogP contribution is -2.05. The average molecular weight is 219 g/mol. The fourth-order valence-corrected chi connectivity index (χ4v) is 2.07. The van der Waals surface area contributed by atoms with Crippen molar-refractivity contribution in [2.24, 2.45) is 0 Å². The van der Waals surface area contributed by atoms with Crippen LogP contribution in [0.1, 0.15) is 18.5 Å². The Kier molecular flexibility index (Phi) is 2.92. The SMILES string of the molecule is CC(Nc1ccsc1)c1cccc(O)c1. The Balaban J connectivity index is 2.11. The van der Waals surface area contributed by atoms with Gasteiger partial charge in [0.2, 0.25) is 0 Å². The van der Waals surface area contributed by atoms with E-state index in [0.717, 1.165) is 11.3 Å². The maximum atomic E-state index is 9.36. The molecule has 0 saturated carbocycles. The fourth-order valence-electron chi connectivity index (χ4n) is 1.47. The summed E-state index contributed by atoms with van der Waals surface area (Å²) >= 11 is 1.67. The van der Waals surface area contributed by atoms with Gasteiger partial charge in [-0.2, -0.15) is 11.3 Å². The third-order valence-corrected chi connectivity index (χ3v) is 2.96. The first-order valence-electron chi connectivity index (χ1n) is 4.83. The minimum Gasteiger partial charge on any atom is -0.508 e. The van der Waals surface area contributed by atoms with Crippen molar-refractivity contribution >= 4 is 17.0 Å². The molecule has 1 aromatic heterocycles. The zero-order valence-electron chi connectivity index (χ0n) is 8.47. The molecule has 1 unspecified atom stereocenters. The summed E-state index contributed by atoms with van der Waals surface area (Å²) in [6, 6.07) is 9.57. The highest BCUT2D eigenvalue weighted by molar-refractivity contribution is 7.08. The Morgan fingerprint density at radius 3 is 2.87 bits per heavy atom. The monoisotopic (exact) mass is 219 g/mol. The summed E-state index contributed by atoms with van der Waals surface area (Å²) < 4.78 is 0. The fraction of sp³-hybridized carbons (Fsp3) is 0.167. The Hall–Kier alpha value is -1.48. The number of thiophene rings is 1. The van der Waals surface area contributed by atoms with Crippen LogP contribution >= 0.6 is 11.3 Å². The third-order valence-electron chi connectivity index (χ3n) is 2.27. The van der Waals surface area contributed by atoms with Crippen molar-refractivity contribution < 1.29 is 5.11 Å². The lowest BCUT2D eigenvalue weighted by atomic mass is 10.1. The van der Waals surface area contributed by atoms with Gasteiger partial charge in [0.1, 0.15) is 5.75 Å². The summed E-state index contributed by atoms with van der Waals surface area (Å²) in [7, 11) is 0. The van der Waals surface area contributed by atoms with E-state index in [4.69, 9.17) is 0 Å². The Morgan fingerprint density at radius 2 is 2.20 bits per heavy atom. The molecule has 0 saturated heterocycles. The molecule has 0 aliphatic heterocycles. The van der Waals surface area contributed by atoms with E-state index < -0.39 is 0 Å². The minimum atomic E-state index is 0.201. The normalized spacial score (nSPS) is 12.3. The van der Waals surface area contributed by atoms with Gasteiger partial charge < -0.3 is 10.4 Å². The van der Waals surface area contributed by atoms with E-state index in [-0.39, 0.29) is 6.04 Å². The molecule has 0 aliphatic carbocycles. The molecule has 3 heteroatoms. The number of hydrogen-bond acceptors (Lipinski definition) is 3. The van der Waals surface area contributed by atoms with E-state index >= 15 is 0 Å². The lowest BCUT2D eigenvalue weighted by Gasteiger charge is -2.14. The first-order valence-corrected chi connectivity index (χ1v) is 5.77. The number of aromatic hydroxyl groups is 1. The molecule has 1 aromatic carbocycles. The van der Waals surface area contributed by atoms with Crippen LogP contribution in [0, 0.1) is 0 Å². The Morgan fingerprint density at radius 1 is 1.33 bits per heavy atom. The summed E-state index contributed by atoms with van der Waals surface area (Å²) in [6.45, 7) is 2.08. The molecule has 0 amide bonds. The van der Waals surface area contributed by atoms with Gasteiger partial charge >= 0.3 is 0 Å². The van der Waals surface area contributed by atoms with Gasteiger partial charge in [-0.15, -0.1) is 0 Å². The molecule has 2 N–H and O–H groups in total. The van der Waals surface area contributed by atoms with E-state index in [0.29, 0.717) is 5.75 Å². The van der Waals surface area contributed by atoms with Crippen LogP contribution in [-0.4, -0.2) is 5.11 Å². The number of nitrogens with one attached hydrogen (secondary N) is 1. The van der Waals surface area contributed by atoms with E-state index in [1.165, 1.54) is 0 Å². The molecule has 0 aliphatic rings. The molecule has 15 heavy (non-hydrogen) atoms. The number of hydrogen-bond donors (Lipinski definition) is 2. The Bertz CT molecular complexity index is 425. The Labute approximate surface area is 93.2 Å². The smallest absolute Gasteiger partial charge is 0.115 e. The molecule has 2 nitrogen and oxygen atoms in total. The summed E-state index contributed by atoms with van der Waals surface area (Å²) in [5.74, 6) is 0.312. The molecular formula is C12H13NOS. The summed E-state index contributed by atoms with van der Waals surface area (Å²) in [5, 5.41) is 16.8. The second-order valence-corrected chi connectivity index (χ2v) is 4.25. The average Bonchev–Trinajstić information content (AvgIpc) is 2.70. The highest BCUT2D eigenvalue weighted by atomic mass is 32.1. The maximum absolute atomic E-state index is 9.36. The predicted molar refractivity (Wildman–Crippen MR) is 64.5 cm³/mol. The van der Waals surface area contributed by atoms with Gasteiger partial charge in [-0.3, -0.25) is 0 Å². The first kappa shape index (κ1) is 10.1. The van der Waals surface area contributed by atoms with Crippen LogP contribution < -0.4 is 5.32 Å². The molecule has 0 fully saturated rings. The van der Waals surface area contributed by atoms with Crippen LogP contribution in [0.3, 0.4) is 0 Å². The number of rotatable bonds is 3. The zero-order valence-corrected chi connectivity index (χ0v) is 9.29. The summed E-state index contributed by atoms with van der Waals surface area (Å²) in [6.07, 6.45) is 0. The van der Waals surface area contributed by atoms with Gasteiger partial charge in [-0.1, -0.05) is 12.1 Å². The van der Waals surface area contributed by atoms with Crippen molar-refractivity contribution in [3.05, 3.63) is 46.7 Å². The quantitative estimate of drug-likeness (QED) is 0.826. The van der Waals surface area contributed by atoms with Crippen LogP contribution in [0.4, 0.5) is 5.69 Å². The summed E-state index contributed by atoms with van der Waals surface area (Å²) in [4.78, 5) is 0. The van der Waals surface area contributed by atoms with Crippen molar-refractivity contribution in [3.8, 4) is 5.75 Å². The molecule has 0 bridgehead atoms. The molecule has 78 valence electrons. The molecule has 1 atom stereocenters. The van der Waals surface area contributed by atoms with Crippen LogP contribution in [0.15, 0.2) is 41.1 Å². The zero-order chi connectivity index (χ0) is 10.7. The van der Waals surface area contributed by atoms with Crippen molar-refractivity contribution in [1.82, 2.24) is 0 Å². The van der Waals surface area contributed by atoms with Gasteiger partial charge in [-0.05, 0) is 36.1 Å². The predicted octanol–water partition coefficient (Wildman–Crippen LogP) is 3.63. The largest absolute Gasteiger partial charge is 0.508 e. The molecule has 0 radical (unpaired) electrons. The highest BCUT2D eigenvalue weighted by Crippen LogP contribution is 2.23. The standard InChI is InChI=1S/C12H13NOS/c1-9(13-11-5-6-15-8-11)10-3-2-4-12(14)7-10/h2-9,13-14H,1H3. The van der Waals surface area contributed by atoms with Crippen LogP contribution in [0.2, 0.25) is 0 Å².